The number of hydrogen-bond donors (Lipinski definition) is 2. The molecule has 1 aromatic heterocycles. The van der Waals surface area contributed by atoms with Gasteiger partial charge in [0, 0.05) is 35.1 Å². The third kappa shape index (κ3) is 3.55. The van der Waals surface area contributed by atoms with Crippen LogP contribution in [0.25, 0.3) is 5.70 Å². The summed E-state index contributed by atoms with van der Waals surface area (Å²) in [6.45, 7) is 4.94. The largest absolute Gasteiger partial charge is 0.419 e. The summed E-state index contributed by atoms with van der Waals surface area (Å²) in [6, 6.07) is 0.942. The van der Waals surface area contributed by atoms with Crippen molar-refractivity contribution in [2.75, 3.05) is 12.3 Å². The molecular weight excluding hydrogens is 317 g/mol. The van der Waals surface area contributed by atoms with Crippen LogP contribution in [0.15, 0.2) is 23.3 Å². The van der Waals surface area contributed by atoms with Crippen molar-refractivity contribution in [3.8, 4) is 0 Å². The zero-order valence-corrected chi connectivity index (χ0v) is 14.0. The predicted octanol–water partition coefficient (Wildman–Crippen LogP) is 4.02. The number of rotatable bonds is 5. The van der Waals surface area contributed by atoms with Gasteiger partial charge < -0.3 is 11.5 Å². The topological polar surface area (TPSA) is 77.3 Å². The van der Waals surface area contributed by atoms with Gasteiger partial charge in [-0.15, -0.1) is 0 Å². The highest BCUT2D eigenvalue weighted by atomic mass is 19.4. The third-order valence-electron chi connectivity index (χ3n) is 4.67. The zero-order valence-electron chi connectivity index (χ0n) is 14.0. The second-order valence-corrected chi connectivity index (χ2v) is 6.16. The number of anilines is 1. The smallest absolute Gasteiger partial charge is 0.398 e. The molecule has 0 aromatic carbocycles. The molecule has 4 nitrogen and oxygen atoms in total. The van der Waals surface area contributed by atoms with Gasteiger partial charge in [-0.05, 0) is 31.4 Å². The zero-order chi connectivity index (χ0) is 18.0. The lowest BCUT2D eigenvalue weighted by Gasteiger charge is -2.28. The van der Waals surface area contributed by atoms with Gasteiger partial charge in [-0.25, -0.2) is 4.98 Å². The lowest BCUT2D eigenvalue weighted by atomic mass is 9.75. The number of hydrogen-bond acceptors (Lipinski definition) is 4. The summed E-state index contributed by atoms with van der Waals surface area (Å²) in [5.74, 6) is -0.550. The fourth-order valence-corrected chi connectivity index (χ4v) is 3.24. The highest BCUT2D eigenvalue weighted by Gasteiger charge is 2.36. The van der Waals surface area contributed by atoms with Crippen LogP contribution in [0.3, 0.4) is 0 Å². The van der Waals surface area contributed by atoms with E-state index >= 15 is 0 Å². The van der Waals surface area contributed by atoms with Gasteiger partial charge in [0.05, 0.1) is 5.56 Å². The number of alkyl halides is 3. The van der Waals surface area contributed by atoms with Gasteiger partial charge in [0.25, 0.3) is 0 Å². The number of pyridine rings is 1. The molecule has 1 unspecified atom stereocenters. The lowest BCUT2D eigenvalue weighted by Crippen LogP contribution is -2.26. The lowest BCUT2D eigenvalue weighted by molar-refractivity contribution is -0.137. The number of aromatic nitrogens is 1. The van der Waals surface area contributed by atoms with E-state index in [4.69, 9.17) is 11.5 Å². The Morgan fingerprint density at radius 2 is 2.08 bits per heavy atom. The summed E-state index contributed by atoms with van der Waals surface area (Å²) in [4.78, 5) is 8.16. The summed E-state index contributed by atoms with van der Waals surface area (Å²) in [5.41, 5.74) is 11.7. The molecule has 132 valence electrons. The number of allylic oxidation sites excluding steroid dienone is 1. The highest BCUT2D eigenvalue weighted by Crippen LogP contribution is 2.39. The van der Waals surface area contributed by atoms with Gasteiger partial charge in [0.2, 0.25) is 0 Å². The van der Waals surface area contributed by atoms with Crippen molar-refractivity contribution in [2.24, 2.45) is 16.1 Å². The third-order valence-corrected chi connectivity index (χ3v) is 4.67. The molecule has 1 aromatic rings. The van der Waals surface area contributed by atoms with Crippen LogP contribution < -0.4 is 11.5 Å². The predicted molar refractivity (Wildman–Crippen MR) is 90.4 cm³/mol. The van der Waals surface area contributed by atoms with Crippen molar-refractivity contribution < 1.29 is 13.2 Å². The number of nitrogens with two attached hydrogens (primary N) is 2. The normalized spacial score (nSPS) is 21.9. The van der Waals surface area contributed by atoms with Crippen LogP contribution >= 0.6 is 0 Å². The Morgan fingerprint density at radius 3 is 2.67 bits per heavy atom. The summed E-state index contributed by atoms with van der Waals surface area (Å²) < 4.78 is 38.9. The van der Waals surface area contributed by atoms with Crippen LogP contribution in [0.4, 0.5) is 19.0 Å². The fraction of sp³-hybridized carbons (Fsp3) is 0.529. The van der Waals surface area contributed by atoms with Crippen LogP contribution in [0.2, 0.25) is 0 Å². The van der Waals surface area contributed by atoms with Crippen LogP contribution in [0, 0.1) is 5.41 Å². The van der Waals surface area contributed by atoms with E-state index in [1.165, 1.54) is 6.20 Å². The molecular formula is C17H23F3N4. The van der Waals surface area contributed by atoms with Gasteiger partial charge in [-0.1, -0.05) is 20.3 Å². The van der Waals surface area contributed by atoms with E-state index in [1.54, 1.807) is 6.08 Å². The first-order valence-corrected chi connectivity index (χ1v) is 8.08. The second-order valence-electron chi connectivity index (χ2n) is 6.16. The minimum atomic E-state index is -4.56. The van der Waals surface area contributed by atoms with E-state index in [0.717, 1.165) is 44.0 Å². The molecule has 0 radical (unpaired) electrons. The Kier molecular flexibility index (Phi) is 5.20. The van der Waals surface area contributed by atoms with Crippen molar-refractivity contribution in [1.29, 1.82) is 0 Å². The maximum atomic E-state index is 13.0. The number of halogens is 3. The van der Waals surface area contributed by atoms with Gasteiger partial charge >= 0.3 is 6.18 Å². The number of nitrogen functional groups attached to an aromatic ring is 1. The first kappa shape index (κ1) is 18.3. The highest BCUT2D eigenvalue weighted by molar-refractivity contribution is 6.05. The molecule has 0 fully saturated rings. The van der Waals surface area contributed by atoms with Crippen molar-refractivity contribution in [3.63, 3.8) is 0 Å². The first-order chi connectivity index (χ1) is 11.2. The minimum absolute atomic E-state index is 0.0343. The molecule has 2 rings (SSSR count). The molecule has 0 saturated heterocycles. The Morgan fingerprint density at radius 1 is 1.38 bits per heavy atom. The Balaban J connectivity index is 2.38. The van der Waals surface area contributed by atoms with Gasteiger partial charge in [0.15, 0.2) is 0 Å². The van der Waals surface area contributed by atoms with Gasteiger partial charge in [-0.2, -0.15) is 13.2 Å². The average Bonchev–Trinajstić information content (AvgIpc) is 2.90. The molecule has 1 atom stereocenters. The molecule has 2 heterocycles. The summed E-state index contributed by atoms with van der Waals surface area (Å²) in [6.07, 6.45) is 2.27. The standard InChI is InChI=1S/C17H23F3N4/c1-3-5-16(4-2)6-7-23-14(16)9-13(21)11-8-12(17(18,19)20)15(22)24-10-11/h8-10H,3-7,21H2,1-2H3,(H2,22,24)/b13-9-. The van der Waals surface area contributed by atoms with Crippen molar-refractivity contribution in [1.82, 2.24) is 4.98 Å². The molecule has 0 saturated carbocycles. The first-order valence-electron chi connectivity index (χ1n) is 8.08. The molecule has 0 bridgehead atoms. The molecule has 7 heteroatoms. The SMILES string of the molecule is CCCC1(CC)CCN=C1/C=C(\N)c1cnc(N)c(C(F)(F)F)c1. The maximum Gasteiger partial charge on any atom is 0.419 e. The van der Waals surface area contributed by atoms with Gasteiger partial charge in [0.1, 0.15) is 5.82 Å². The molecule has 0 amide bonds. The number of aliphatic imine (C=N–C) groups is 1. The molecule has 0 aliphatic carbocycles. The van der Waals surface area contributed by atoms with Crippen LogP contribution in [-0.2, 0) is 6.18 Å². The van der Waals surface area contributed by atoms with E-state index < -0.39 is 17.6 Å². The summed E-state index contributed by atoms with van der Waals surface area (Å²) >= 11 is 0. The molecule has 24 heavy (non-hydrogen) atoms. The van der Waals surface area contributed by atoms with E-state index in [-0.39, 0.29) is 16.7 Å². The average molecular weight is 340 g/mol. The van der Waals surface area contributed by atoms with E-state index in [1.807, 2.05) is 0 Å². The summed E-state index contributed by atoms with van der Waals surface area (Å²) in [5, 5.41) is 0. The van der Waals surface area contributed by atoms with Crippen molar-refractivity contribution in [2.45, 2.75) is 45.7 Å². The molecule has 1 aliphatic heterocycles. The minimum Gasteiger partial charge on any atom is -0.398 e. The summed E-state index contributed by atoms with van der Waals surface area (Å²) in [7, 11) is 0. The van der Waals surface area contributed by atoms with E-state index in [2.05, 4.69) is 23.8 Å². The Hall–Kier alpha value is -2.05. The van der Waals surface area contributed by atoms with Crippen LogP contribution in [0.5, 0.6) is 0 Å². The van der Waals surface area contributed by atoms with Crippen molar-refractivity contribution >= 4 is 17.2 Å². The second kappa shape index (κ2) is 6.83. The van der Waals surface area contributed by atoms with Gasteiger partial charge in [-0.3, -0.25) is 4.99 Å². The Labute approximate surface area is 139 Å². The fourth-order valence-electron chi connectivity index (χ4n) is 3.24. The quantitative estimate of drug-likeness (QED) is 0.850. The Bertz CT molecular complexity index is 664. The van der Waals surface area contributed by atoms with E-state index in [9.17, 15) is 13.2 Å². The van der Waals surface area contributed by atoms with Crippen molar-refractivity contribution in [3.05, 3.63) is 29.5 Å². The number of nitrogens with zero attached hydrogens (tertiary/aromatic N) is 2. The maximum absolute atomic E-state index is 13.0. The molecule has 1 aliphatic rings. The molecule has 0 spiro atoms. The van der Waals surface area contributed by atoms with Crippen LogP contribution in [-0.4, -0.2) is 17.2 Å². The van der Waals surface area contributed by atoms with E-state index in [0.29, 0.717) is 0 Å². The van der Waals surface area contributed by atoms with Crippen LogP contribution in [0.1, 0.15) is 50.7 Å². The molecule has 4 N–H and O–H groups in total. The monoisotopic (exact) mass is 340 g/mol.